The molecule has 0 atom stereocenters. The van der Waals surface area contributed by atoms with E-state index >= 15 is 0 Å². The molecule has 0 heterocycles. The van der Waals surface area contributed by atoms with Crippen LogP contribution in [0, 0.1) is 17.0 Å². The van der Waals surface area contributed by atoms with Crippen molar-refractivity contribution < 1.29 is 4.65 Å². The van der Waals surface area contributed by atoms with E-state index in [1.54, 1.807) is 14.1 Å². The number of hydrogen-bond donors (Lipinski definition) is 0. The van der Waals surface area contributed by atoms with Gasteiger partial charge < -0.3 is 9.85 Å². The minimum atomic E-state index is -0.312. The van der Waals surface area contributed by atoms with Gasteiger partial charge in [-0.1, -0.05) is 12.8 Å². The predicted molar refractivity (Wildman–Crippen MR) is 38.4 cm³/mol. The van der Waals surface area contributed by atoms with Crippen molar-refractivity contribution in [2.24, 2.45) is 0 Å². The molecular formula is C7H13NO. The monoisotopic (exact) mass is 127 g/mol. The van der Waals surface area contributed by atoms with Gasteiger partial charge in [0.1, 0.15) is 6.54 Å². The maximum Gasteiger partial charge on any atom is 0.140 e. The van der Waals surface area contributed by atoms with Crippen LogP contribution in [0.3, 0.4) is 0 Å². The van der Waals surface area contributed by atoms with Crippen LogP contribution < -0.4 is 0 Å². The molecule has 0 N–H and O–H groups in total. The first-order valence-electron chi connectivity index (χ1n) is 3.06. The summed E-state index contributed by atoms with van der Waals surface area (Å²) in [6, 6.07) is 0. The lowest BCUT2D eigenvalue weighted by Gasteiger charge is -2.30. The summed E-state index contributed by atoms with van der Waals surface area (Å²) >= 11 is 0. The summed E-state index contributed by atoms with van der Waals surface area (Å²) in [6.45, 7) is 2.37. The number of hydrogen-bond acceptors (Lipinski definition) is 1. The summed E-state index contributed by atoms with van der Waals surface area (Å²) < 4.78 is -0.312. The zero-order chi connectivity index (χ0) is 7.33. The van der Waals surface area contributed by atoms with Crippen LogP contribution in [0.1, 0.15) is 13.3 Å². The van der Waals surface area contributed by atoms with Crippen molar-refractivity contribution in [2.75, 3.05) is 20.6 Å². The van der Waals surface area contributed by atoms with E-state index in [4.69, 9.17) is 0 Å². The van der Waals surface area contributed by atoms with Gasteiger partial charge in [-0.2, -0.15) is 0 Å². The summed E-state index contributed by atoms with van der Waals surface area (Å²) in [5.74, 6) is 5.62. The van der Waals surface area contributed by atoms with Gasteiger partial charge in [0.15, 0.2) is 0 Å². The SMILES string of the molecule is CCC#CC[N+](C)(C)[O-]. The molecule has 0 aliphatic heterocycles. The maximum absolute atomic E-state index is 10.8. The third-order valence-electron chi connectivity index (χ3n) is 0.762. The van der Waals surface area contributed by atoms with E-state index in [9.17, 15) is 5.21 Å². The number of nitrogens with zero attached hydrogens (tertiary/aromatic N) is 1. The first-order chi connectivity index (χ1) is 4.06. The molecule has 2 heteroatoms. The Morgan fingerprint density at radius 3 is 2.22 bits per heavy atom. The predicted octanol–water partition coefficient (Wildman–Crippen LogP) is 0.974. The second-order valence-corrected chi connectivity index (χ2v) is 2.44. The zero-order valence-corrected chi connectivity index (χ0v) is 6.27. The van der Waals surface area contributed by atoms with Gasteiger partial charge in [0, 0.05) is 6.42 Å². The summed E-state index contributed by atoms with van der Waals surface area (Å²) in [4.78, 5) is 0. The molecule has 0 aromatic heterocycles. The molecule has 0 aromatic rings. The zero-order valence-electron chi connectivity index (χ0n) is 6.27. The van der Waals surface area contributed by atoms with Gasteiger partial charge in [-0.05, 0) is 5.92 Å². The van der Waals surface area contributed by atoms with Crippen molar-refractivity contribution >= 4 is 0 Å². The van der Waals surface area contributed by atoms with E-state index in [1.807, 2.05) is 6.92 Å². The van der Waals surface area contributed by atoms with E-state index in [-0.39, 0.29) is 4.65 Å². The molecule has 2 nitrogen and oxygen atoms in total. The number of rotatable bonds is 1. The van der Waals surface area contributed by atoms with E-state index in [0.717, 1.165) is 6.42 Å². The van der Waals surface area contributed by atoms with Crippen LogP contribution in [-0.4, -0.2) is 25.3 Å². The van der Waals surface area contributed by atoms with Gasteiger partial charge >= 0.3 is 0 Å². The molecule has 0 fully saturated rings. The van der Waals surface area contributed by atoms with E-state index in [2.05, 4.69) is 11.8 Å². The third kappa shape index (κ3) is 7.48. The van der Waals surface area contributed by atoms with Crippen molar-refractivity contribution in [2.45, 2.75) is 13.3 Å². The van der Waals surface area contributed by atoms with Crippen LogP contribution in [0.25, 0.3) is 0 Å². The Labute approximate surface area is 56.6 Å². The van der Waals surface area contributed by atoms with Crippen molar-refractivity contribution in [3.05, 3.63) is 5.21 Å². The fraction of sp³-hybridized carbons (Fsp3) is 0.714. The van der Waals surface area contributed by atoms with E-state index in [0.29, 0.717) is 6.54 Å². The maximum atomic E-state index is 10.8. The lowest BCUT2D eigenvalue weighted by molar-refractivity contribution is -0.832. The Balaban J connectivity index is 3.50. The van der Waals surface area contributed by atoms with Crippen LogP contribution in [0.4, 0.5) is 0 Å². The molecule has 0 amide bonds. The smallest absolute Gasteiger partial charge is 0.140 e. The quantitative estimate of drug-likeness (QED) is 0.292. The highest BCUT2D eigenvalue weighted by Gasteiger charge is 1.94. The summed E-state index contributed by atoms with van der Waals surface area (Å²) in [5.41, 5.74) is 0. The van der Waals surface area contributed by atoms with Crippen LogP contribution in [0.15, 0.2) is 0 Å². The van der Waals surface area contributed by atoms with Crippen LogP contribution >= 0.6 is 0 Å². The molecule has 0 saturated carbocycles. The van der Waals surface area contributed by atoms with Crippen molar-refractivity contribution in [3.8, 4) is 11.8 Å². The minimum absolute atomic E-state index is 0.312. The highest BCUT2D eigenvalue weighted by Crippen LogP contribution is 1.88. The van der Waals surface area contributed by atoms with E-state index in [1.165, 1.54) is 0 Å². The average molecular weight is 127 g/mol. The van der Waals surface area contributed by atoms with Gasteiger partial charge in [-0.3, -0.25) is 0 Å². The molecule has 9 heavy (non-hydrogen) atoms. The standard InChI is InChI=1S/C7H13NO/c1-4-5-6-7-8(2,3)9/h4,7H2,1-3H3. The highest BCUT2D eigenvalue weighted by atomic mass is 16.5. The lowest BCUT2D eigenvalue weighted by atomic mass is 10.4. The van der Waals surface area contributed by atoms with Gasteiger partial charge in [-0.25, -0.2) is 0 Å². The summed E-state index contributed by atoms with van der Waals surface area (Å²) in [6.07, 6.45) is 0.833. The Kier molecular flexibility index (Phi) is 3.29. The molecule has 0 unspecified atom stereocenters. The molecule has 0 bridgehead atoms. The van der Waals surface area contributed by atoms with Crippen molar-refractivity contribution in [1.82, 2.24) is 0 Å². The molecule has 0 saturated heterocycles. The van der Waals surface area contributed by atoms with Crippen LogP contribution in [0.2, 0.25) is 0 Å². The van der Waals surface area contributed by atoms with Gasteiger partial charge in [0.25, 0.3) is 0 Å². The highest BCUT2D eigenvalue weighted by molar-refractivity contribution is 4.97. The number of hydroxylamine groups is 3. The average Bonchev–Trinajstić information content (AvgIpc) is 1.63. The van der Waals surface area contributed by atoms with Gasteiger partial charge in [0.2, 0.25) is 0 Å². The summed E-state index contributed by atoms with van der Waals surface area (Å²) in [5, 5.41) is 10.8. The lowest BCUT2D eigenvalue weighted by Crippen LogP contribution is -2.32. The molecule has 0 rings (SSSR count). The number of quaternary nitrogens is 1. The first-order valence-corrected chi connectivity index (χ1v) is 3.06. The van der Waals surface area contributed by atoms with Gasteiger partial charge in [0.05, 0.1) is 14.1 Å². The topological polar surface area (TPSA) is 23.1 Å². The van der Waals surface area contributed by atoms with Crippen LogP contribution in [0.5, 0.6) is 0 Å². The molecule has 0 aliphatic rings. The fourth-order valence-electron chi connectivity index (χ4n) is 0.371. The van der Waals surface area contributed by atoms with Crippen molar-refractivity contribution in [3.63, 3.8) is 0 Å². The Morgan fingerprint density at radius 1 is 1.33 bits per heavy atom. The first kappa shape index (κ1) is 8.48. The molecule has 0 aromatic carbocycles. The molecule has 52 valence electrons. The second-order valence-electron chi connectivity index (χ2n) is 2.44. The molecule has 0 spiro atoms. The molecular weight excluding hydrogens is 114 g/mol. The Hall–Kier alpha value is -0.520. The fourth-order valence-corrected chi connectivity index (χ4v) is 0.371. The molecule has 0 radical (unpaired) electrons. The summed E-state index contributed by atoms with van der Waals surface area (Å²) in [7, 11) is 3.18. The van der Waals surface area contributed by atoms with Gasteiger partial charge in [-0.15, -0.1) is 0 Å². The van der Waals surface area contributed by atoms with E-state index < -0.39 is 0 Å². The largest absolute Gasteiger partial charge is 0.632 e. The minimum Gasteiger partial charge on any atom is -0.632 e. The van der Waals surface area contributed by atoms with Crippen molar-refractivity contribution in [1.29, 1.82) is 0 Å². The Bertz CT molecular complexity index is 124. The second kappa shape index (κ2) is 3.49. The normalized spacial score (nSPS) is 10.2. The Morgan fingerprint density at radius 2 is 1.89 bits per heavy atom. The molecule has 0 aliphatic carbocycles. The van der Waals surface area contributed by atoms with Crippen LogP contribution in [-0.2, 0) is 0 Å². The third-order valence-corrected chi connectivity index (χ3v) is 0.762.